The molecule has 1 aliphatic carbocycles. The van der Waals surface area contributed by atoms with Crippen molar-refractivity contribution < 1.29 is 14.7 Å². The molecular formula is C13H12Cl2N2O3. The second-order valence-corrected chi connectivity index (χ2v) is 5.24. The van der Waals surface area contributed by atoms with E-state index in [0.29, 0.717) is 22.2 Å². The Bertz CT molecular complexity index is 575. The molecular weight excluding hydrogens is 303 g/mol. The van der Waals surface area contributed by atoms with Crippen LogP contribution in [0.5, 0.6) is 0 Å². The van der Waals surface area contributed by atoms with Crippen LogP contribution < -0.4 is 10.6 Å². The summed E-state index contributed by atoms with van der Waals surface area (Å²) in [6.45, 7) is 0. The van der Waals surface area contributed by atoms with E-state index in [1.807, 2.05) is 0 Å². The van der Waals surface area contributed by atoms with Crippen molar-refractivity contribution in [3.63, 3.8) is 0 Å². The standard InChI is InChI=1S/C13H12Cl2N2O3/c14-8-2-4-10(15)11(6-8)17-13(20)16-9-3-1-7(5-9)12(18)19/h1-4,6-7,9H,5H2,(H,18,19)(H2,16,17,20). The molecule has 0 saturated heterocycles. The Kier molecular flexibility index (Phi) is 4.52. The molecule has 1 aliphatic rings. The number of carboxylic acids is 1. The molecule has 0 spiro atoms. The maximum atomic E-state index is 11.8. The van der Waals surface area contributed by atoms with Crippen molar-refractivity contribution in [2.75, 3.05) is 5.32 Å². The predicted molar refractivity (Wildman–Crippen MR) is 77.3 cm³/mol. The summed E-state index contributed by atoms with van der Waals surface area (Å²) >= 11 is 11.7. The number of aliphatic carboxylic acids is 1. The van der Waals surface area contributed by atoms with Crippen LogP contribution in [0.3, 0.4) is 0 Å². The zero-order valence-corrected chi connectivity index (χ0v) is 11.8. The second-order valence-electron chi connectivity index (χ2n) is 4.39. The first-order chi connectivity index (χ1) is 9.45. The minimum Gasteiger partial charge on any atom is -0.481 e. The van der Waals surface area contributed by atoms with Crippen molar-refractivity contribution in [2.24, 2.45) is 5.92 Å². The van der Waals surface area contributed by atoms with Crippen LogP contribution in [0.2, 0.25) is 10.0 Å². The van der Waals surface area contributed by atoms with Crippen LogP contribution >= 0.6 is 23.2 Å². The normalized spacial score (nSPS) is 20.7. The van der Waals surface area contributed by atoms with E-state index >= 15 is 0 Å². The number of benzene rings is 1. The highest BCUT2D eigenvalue weighted by atomic mass is 35.5. The van der Waals surface area contributed by atoms with Gasteiger partial charge in [0.25, 0.3) is 0 Å². The largest absolute Gasteiger partial charge is 0.481 e. The molecule has 7 heteroatoms. The van der Waals surface area contributed by atoms with Gasteiger partial charge in [-0.05, 0) is 24.6 Å². The molecule has 2 atom stereocenters. The number of carbonyl (C=O) groups excluding carboxylic acids is 1. The number of hydrogen-bond acceptors (Lipinski definition) is 2. The molecule has 2 amide bonds. The number of hydrogen-bond donors (Lipinski definition) is 3. The van der Waals surface area contributed by atoms with Crippen LogP contribution in [0.4, 0.5) is 10.5 Å². The Labute approximate surface area is 125 Å². The minimum absolute atomic E-state index is 0.311. The summed E-state index contributed by atoms with van der Waals surface area (Å²) in [6.07, 6.45) is 3.57. The highest BCUT2D eigenvalue weighted by Gasteiger charge is 2.25. The molecule has 2 rings (SSSR count). The van der Waals surface area contributed by atoms with Crippen molar-refractivity contribution in [3.8, 4) is 0 Å². The Morgan fingerprint density at radius 1 is 1.25 bits per heavy atom. The quantitative estimate of drug-likeness (QED) is 0.750. The van der Waals surface area contributed by atoms with Crippen molar-refractivity contribution in [2.45, 2.75) is 12.5 Å². The second kappa shape index (κ2) is 6.15. The van der Waals surface area contributed by atoms with Crippen molar-refractivity contribution in [1.82, 2.24) is 5.32 Å². The summed E-state index contributed by atoms with van der Waals surface area (Å²) in [5.74, 6) is -1.46. The van der Waals surface area contributed by atoms with Crippen LogP contribution in [0.25, 0.3) is 0 Å². The molecule has 0 aliphatic heterocycles. The fraction of sp³-hybridized carbons (Fsp3) is 0.231. The van der Waals surface area contributed by atoms with Crippen molar-refractivity contribution in [1.29, 1.82) is 0 Å². The van der Waals surface area contributed by atoms with Gasteiger partial charge in [0.2, 0.25) is 0 Å². The van der Waals surface area contributed by atoms with E-state index in [2.05, 4.69) is 10.6 Å². The fourth-order valence-corrected chi connectivity index (χ4v) is 2.25. The molecule has 0 aromatic heterocycles. The van der Waals surface area contributed by atoms with Gasteiger partial charge in [-0.15, -0.1) is 0 Å². The lowest BCUT2D eigenvalue weighted by molar-refractivity contribution is -0.140. The number of amides is 2. The lowest BCUT2D eigenvalue weighted by Crippen LogP contribution is -2.36. The Morgan fingerprint density at radius 2 is 2.00 bits per heavy atom. The van der Waals surface area contributed by atoms with Crippen LogP contribution in [0.15, 0.2) is 30.4 Å². The average Bonchev–Trinajstić information content (AvgIpc) is 2.82. The van der Waals surface area contributed by atoms with E-state index in [4.69, 9.17) is 28.3 Å². The first-order valence-electron chi connectivity index (χ1n) is 5.89. The van der Waals surface area contributed by atoms with Gasteiger partial charge in [-0.3, -0.25) is 4.79 Å². The van der Waals surface area contributed by atoms with Gasteiger partial charge in [0.1, 0.15) is 0 Å². The van der Waals surface area contributed by atoms with Crippen LogP contribution in [-0.4, -0.2) is 23.1 Å². The summed E-state index contributed by atoms with van der Waals surface area (Å²) in [5.41, 5.74) is 0.397. The van der Waals surface area contributed by atoms with Crippen LogP contribution in [0, 0.1) is 5.92 Å². The maximum absolute atomic E-state index is 11.8. The molecule has 1 aromatic rings. The molecule has 106 valence electrons. The van der Waals surface area contributed by atoms with Gasteiger partial charge in [-0.25, -0.2) is 4.79 Å². The number of urea groups is 1. The summed E-state index contributed by atoms with van der Waals surface area (Å²) < 4.78 is 0. The van der Waals surface area contributed by atoms with E-state index in [1.165, 1.54) is 6.07 Å². The van der Waals surface area contributed by atoms with Crippen molar-refractivity contribution >= 4 is 40.9 Å². The number of carbonyl (C=O) groups is 2. The van der Waals surface area contributed by atoms with E-state index < -0.39 is 17.9 Å². The van der Waals surface area contributed by atoms with Gasteiger partial charge in [-0.1, -0.05) is 35.4 Å². The highest BCUT2D eigenvalue weighted by molar-refractivity contribution is 6.35. The molecule has 2 unspecified atom stereocenters. The van der Waals surface area contributed by atoms with Crippen LogP contribution in [0.1, 0.15) is 6.42 Å². The molecule has 3 N–H and O–H groups in total. The molecule has 1 aromatic carbocycles. The third-order valence-electron chi connectivity index (χ3n) is 2.89. The Balaban J connectivity index is 1.92. The number of carboxylic acid groups (broad SMARTS) is 1. The first-order valence-corrected chi connectivity index (χ1v) is 6.65. The fourth-order valence-electron chi connectivity index (χ4n) is 1.91. The van der Waals surface area contributed by atoms with E-state index in [-0.39, 0.29) is 6.04 Å². The van der Waals surface area contributed by atoms with Gasteiger partial charge in [-0.2, -0.15) is 0 Å². The molecule has 5 nitrogen and oxygen atoms in total. The maximum Gasteiger partial charge on any atom is 0.319 e. The summed E-state index contributed by atoms with van der Waals surface area (Å²) in [6, 6.07) is 3.96. The number of nitrogens with one attached hydrogen (secondary N) is 2. The van der Waals surface area contributed by atoms with E-state index in [1.54, 1.807) is 24.3 Å². The lowest BCUT2D eigenvalue weighted by Gasteiger charge is -2.14. The first kappa shape index (κ1) is 14.7. The number of halogens is 2. The number of rotatable bonds is 3. The molecule has 0 saturated carbocycles. The lowest BCUT2D eigenvalue weighted by atomic mass is 10.1. The van der Waals surface area contributed by atoms with Crippen molar-refractivity contribution in [3.05, 3.63) is 40.4 Å². The van der Waals surface area contributed by atoms with Gasteiger partial charge < -0.3 is 15.7 Å². The summed E-state index contributed by atoms with van der Waals surface area (Å²) in [5, 5.41) is 14.9. The zero-order chi connectivity index (χ0) is 14.7. The number of anilines is 1. The topological polar surface area (TPSA) is 78.4 Å². The Hall–Kier alpha value is -1.72. The molecule has 0 bridgehead atoms. The Morgan fingerprint density at radius 3 is 2.65 bits per heavy atom. The third-order valence-corrected chi connectivity index (χ3v) is 3.46. The average molecular weight is 315 g/mol. The monoisotopic (exact) mass is 314 g/mol. The molecule has 0 fully saturated rings. The van der Waals surface area contributed by atoms with Gasteiger partial charge in [0.05, 0.1) is 22.7 Å². The minimum atomic E-state index is -0.899. The van der Waals surface area contributed by atoms with E-state index in [0.717, 1.165) is 0 Å². The SMILES string of the molecule is O=C(Nc1cc(Cl)ccc1Cl)NC1C=CC(C(=O)O)C1. The third kappa shape index (κ3) is 3.65. The predicted octanol–water partition coefficient (Wildman–Crippen LogP) is 3.14. The van der Waals surface area contributed by atoms with Gasteiger partial charge >= 0.3 is 12.0 Å². The zero-order valence-electron chi connectivity index (χ0n) is 10.3. The highest BCUT2D eigenvalue weighted by Crippen LogP contribution is 2.25. The van der Waals surface area contributed by atoms with E-state index in [9.17, 15) is 9.59 Å². The molecule has 0 heterocycles. The van der Waals surface area contributed by atoms with Crippen LogP contribution in [-0.2, 0) is 4.79 Å². The van der Waals surface area contributed by atoms with Gasteiger partial charge in [0.15, 0.2) is 0 Å². The molecule has 20 heavy (non-hydrogen) atoms. The molecule has 0 radical (unpaired) electrons. The smallest absolute Gasteiger partial charge is 0.319 e. The summed E-state index contributed by atoms with van der Waals surface area (Å²) in [7, 11) is 0. The summed E-state index contributed by atoms with van der Waals surface area (Å²) in [4.78, 5) is 22.6. The van der Waals surface area contributed by atoms with Gasteiger partial charge in [0, 0.05) is 5.02 Å².